The number of hydrogen-bond donors (Lipinski definition) is 0. The molecule has 3 aromatic rings. The minimum atomic E-state index is -0.451. The van der Waals surface area contributed by atoms with Crippen molar-refractivity contribution in [3.05, 3.63) is 46.2 Å². The fraction of sp³-hybridized carbons (Fsp3) is 0.214. The Morgan fingerprint density at radius 2 is 1.95 bits per heavy atom. The van der Waals surface area contributed by atoms with Crippen molar-refractivity contribution in [1.29, 1.82) is 0 Å². The van der Waals surface area contributed by atoms with Gasteiger partial charge in [-0.2, -0.15) is 15.1 Å². The van der Waals surface area contributed by atoms with Crippen LogP contribution in [0.25, 0.3) is 16.9 Å². The third-order valence-corrected chi connectivity index (χ3v) is 3.77. The number of nitrogens with zero attached hydrogens (tertiary/aromatic N) is 4. The van der Waals surface area contributed by atoms with Gasteiger partial charge in [-0.1, -0.05) is 43.1 Å². The summed E-state index contributed by atoms with van der Waals surface area (Å²) in [6, 6.07) is 4.50. The van der Waals surface area contributed by atoms with Crippen molar-refractivity contribution < 1.29 is 4.39 Å². The summed E-state index contributed by atoms with van der Waals surface area (Å²) in [5, 5.41) is 4.58. The maximum Gasteiger partial charge on any atom is 0.253 e. The summed E-state index contributed by atoms with van der Waals surface area (Å²) in [7, 11) is 0. The van der Waals surface area contributed by atoms with Gasteiger partial charge in [-0.25, -0.2) is 8.91 Å². The molecule has 2 aromatic heterocycles. The molecule has 3 rings (SSSR count). The van der Waals surface area contributed by atoms with Crippen molar-refractivity contribution in [1.82, 2.24) is 19.6 Å². The second-order valence-electron chi connectivity index (χ2n) is 4.89. The molecule has 0 bridgehead atoms. The third-order valence-electron chi connectivity index (χ3n) is 3.18. The fourth-order valence-electron chi connectivity index (χ4n) is 2.34. The number of aromatic nitrogens is 4. The highest BCUT2D eigenvalue weighted by atomic mass is 35.5. The molecule has 4 nitrogen and oxygen atoms in total. The molecule has 1 aromatic carbocycles. The van der Waals surface area contributed by atoms with E-state index in [2.05, 4.69) is 15.1 Å². The van der Waals surface area contributed by atoms with Crippen molar-refractivity contribution >= 4 is 29.0 Å². The van der Waals surface area contributed by atoms with Crippen molar-refractivity contribution in [3.8, 4) is 11.1 Å². The van der Waals surface area contributed by atoms with Crippen molar-refractivity contribution in [2.75, 3.05) is 0 Å². The number of fused-ring (bicyclic) bond motifs is 1. The Morgan fingerprint density at radius 3 is 2.62 bits per heavy atom. The molecule has 0 radical (unpaired) electrons. The Morgan fingerprint density at radius 1 is 1.19 bits per heavy atom. The van der Waals surface area contributed by atoms with Gasteiger partial charge in [0.25, 0.3) is 5.78 Å². The van der Waals surface area contributed by atoms with E-state index in [1.54, 1.807) is 16.6 Å². The summed E-state index contributed by atoms with van der Waals surface area (Å²) in [5.74, 6) is -0.0483. The van der Waals surface area contributed by atoms with E-state index >= 15 is 0 Å². The van der Waals surface area contributed by atoms with Crippen LogP contribution in [0.15, 0.2) is 24.5 Å². The molecule has 0 amide bonds. The van der Waals surface area contributed by atoms with E-state index < -0.39 is 5.82 Å². The van der Waals surface area contributed by atoms with Gasteiger partial charge in [0.05, 0.1) is 10.7 Å². The van der Waals surface area contributed by atoms with E-state index in [9.17, 15) is 4.39 Å². The lowest BCUT2D eigenvalue weighted by Crippen LogP contribution is -2.07. The van der Waals surface area contributed by atoms with Crippen LogP contribution >= 0.6 is 23.2 Å². The van der Waals surface area contributed by atoms with Crippen LogP contribution in [0.5, 0.6) is 0 Å². The summed E-state index contributed by atoms with van der Waals surface area (Å²) < 4.78 is 15.8. The van der Waals surface area contributed by atoms with Crippen LogP contribution in [-0.2, 0) is 0 Å². The number of benzene rings is 1. The van der Waals surface area contributed by atoms with Crippen LogP contribution in [0, 0.1) is 5.82 Å². The standard InChI is InChI=1S/C14H11Cl2FN4/c1-7(2)12-11(10-8(15)4-3-5-9(10)17)13(16)20-14-18-6-19-21(12)14/h3-7H,1-2H3. The summed E-state index contributed by atoms with van der Waals surface area (Å²) in [4.78, 5) is 8.20. The normalized spacial score (nSPS) is 11.5. The molecule has 108 valence electrons. The van der Waals surface area contributed by atoms with Crippen LogP contribution < -0.4 is 0 Å². The second kappa shape index (κ2) is 5.24. The Labute approximate surface area is 130 Å². The first kappa shape index (κ1) is 14.2. The fourth-order valence-corrected chi connectivity index (χ4v) is 2.86. The van der Waals surface area contributed by atoms with Crippen LogP contribution in [0.3, 0.4) is 0 Å². The smallest absolute Gasteiger partial charge is 0.206 e. The second-order valence-corrected chi connectivity index (χ2v) is 5.65. The minimum Gasteiger partial charge on any atom is -0.206 e. The predicted octanol–water partition coefficient (Wildman–Crippen LogP) is 4.36. The molecule has 0 aliphatic rings. The highest BCUT2D eigenvalue weighted by molar-refractivity contribution is 6.36. The summed E-state index contributed by atoms with van der Waals surface area (Å²) in [6.07, 6.45) is 1.39. The molecular formula is C14H11Cl2FN4. The van der Waals surface area contributed by atoms with E-state index in [0.29, 0.717) is 11.3 Å². The molecule has 21 heavy (non-hydrogen) atoms. The lowest BCUT2D eigenvalue weighted by atomic mass is 9.98. The van der Waals surface area contributed by atoms with E-state index in [1.807, 2.05) is 13.8 Å². The van der Waals surface area contributed by atoms with E-state index in [-0.39, 0.29) is 21.7 Å². The maximum absolute atomic E-state index is 14.3. The van der Waals surface area contributed by atoms with Gasteiger partial charge < -0.3 is 0 Å². The van der Waals surface area contributed by atoms with Crippen LogP contribution in [0.4, 0.5) is 4.39 Å². The molecule has 0 aliphatic carbocycles. The molecule has 0 saturated heterocycles. The zero-order valence-electron chi connectivity index (χ0n) is 11.3. The van der Waals surface area contributed by atoms with Gasteiger partial charge in [0, 0.05) is 11.1 Å². The zero-order chi connectivity index (χ0) is 15.1. The molecule has 7 heteroatoms. The largest absolute Gasteiger partial charge is 0.253 e. The molecule has 2 heterocycles. The van der Waals surface area contributed by atoms with E-state index in [0.717, 1.165) is 5.69 Å². The van der Waals surface area contributed by atoms with Gasteiger partial charge in [-0.15, -0.1) is 0 Å². The number of halogens is 3. The van der Waals surface area contributed by atoms with Crippen LogP contribution in [0.1, 0.15) is 25.5 Å². The van der Waals surface area contributed by atoms with Gasteiger partial charge in [0.15, 0.2) is 0 Å². The van der Waals surface area contributed by atoms with Gasteiger partial charge >= 0.3 is 0 Å². The third kappa shape index (κ3) is 2.26. The molecule has 0 N–H and O–H groups in total. The molecule has 0 atom stereocenters. The maximum atomic E-state index is 14.3. The van der Waals surface area contributed by atoms with Gasteiger partial charge in [0.2, 0.25) is 0 Å². The minimum absolute atomic E-state index is 0.0281. The molecule has 0 fully saturated rings. The number of hydrogen-bond acceptors (Lipinski definition) is 3. The first-order chi connectivity index (χ1) is 10.0. The SMILES string of the molecule is CC(C)c1c(-c2c(F)cccc2Cl)c(Cl)nc2ncnn12. The first-order valence-corrected chi connectivity index (χ1v) is 7.09. The molecule has 0 unspecified atom stereocenters. The van der Waals surface area contributed by atoms with Gasteiger partial charge in [-0.05, 0) is 18.1 Å². The van der Waals surface area contributed by atoms with E-state index in [4.69, 9.17) is 23.2 Å². The zero-order valence-corrected chi connectivity index (χ0v) is 12.8. The average molecular weight is 325 g/mol. The lowest BCUT2D eigenvalue weighted by molar-refractivity contribution is 0.630. The van der Waals surface area contributed by atoms with E-state index in [1.165, 1.54) is 12.4 Å². The highest BCUT2D eigenvalue weighted by Gasteiger charge is 2.23. The lowest BCUT2D eigenvalue weighted by Gasteiger charge is -2.16. The molecule has 0 spiro atoms. The summed E-state index contributed by atoms with van der Waals surface area (Å²) in [5.41, 5.74) is 1.40. The average Bonchev–Trinajstić information content (AvgIpc) is 2.85. The Bertz CT molecular complexity index is 809. The Hall–Kier alpha value is -1.72. The van der Waals surface area contributed by atoms with Gasteiger partial charge in [0.1, 0.15) is 17.3 Å². The topological polar surface area (TPSA) is 43.1 Å². The molecular weight excluding hydrogens is 314 g/mol. The molecule has 0 aliphatic heterocycles. The summed E-state index contributed by atoms with van der Waals surface area (Å²) >= 11 is 12.4. The quantitative estimate of drug-likeness (QED) is 0.658. The van der Waals surface area contributed by atoms with Crippen molar-refractivity contribution in [3.63, 3.8) is 0 Å². The highest BCUT2D eigenvalue weighted by Crippen LogP contribution is 2.39. The van der Waals surface area contributed by atoms with Crippen molar-refractivity contribution in [2.45, 2.75) is 19.8 Å². The monoisotopic (exact) mass is 324 g/mol. The van der Waals surface area contributed by atoms with Gasteiger partial charge in [-0.3, -0.25) is 0 Å². The Balaban J connectivity index is 2.47. The number of rotatable bonds is 2. The summed E-state index contributed by atoms with van der Waals surface area (Å²) in [6.45, 7) is 3.93. The molecule has 0 saturated carbocycles. The van der Waals surface area contributed by atoms with Crippen LogP contribution in [-0.4, -0.2) is 19.6 Å². The van der Waals surface area contributed by atoms with Crippen LogP contribution in [0.2, 0.25) is 10.2 Å². The Kier molecular flexibility index (Phi) is 3.55. The van der Waals surface area contributed by atoms with Crippen molar-refractivity contribution in [2.24, 2.45) is 0 Å². The predicted molar refractivity (Wildman–Crippen MR) is 80.3 cm³/mol. The first-order valence-electron chi connectivity index (χ1n) is 6.34.